The number of thioether (sulfide) groups is 1. The zero-order chi connectivity index (χ0) is 10.4. The average molecular weight is 280 g/mol. The van der Waals surface area contributed by atoms with Crippen molar-refractivity contribution in [1.82, 2.24) is 4.90 Å². The van der Waals surface area contributed by atoms with Crippen LogP contribution in [0.5, 0.6) is 0 Å². The van der Waals surface area contributed by atoms with Crippen LogP contribution in [0.15, 0.2) is 0 Å². The second-order valence-electron chi connectivity index (χ2n) is 3.72. The van der Waals surface area contributed by atoms with Crippen molar-refractivity contribution < 1.29 is 4.79 Å². The summed E-state index contributed by atoms with van der Waals surface area (Å²) in [5, 5.41) is 1.08. The summed E-state index contributed by atoms with van der Waals surface area (Å²) in [6.07, 6.45) is 5.08. The summed E-state index contributed by atoms with van der Waals surface area (Å²) in [4.78, 5) is 13.7. The van der Waals surface area contributed by atoms with Crippen LogP contribution in [0.25, 0.3) is 0 Å². The Morgan fingerprint density at radius 2 is 2.14 bits per heavy atom. The molecule has 0 aromatic rings. The largest absolute Gasteiger partial charge is 0.343 e. The van der Waals surface area contributed by atoms with Gasteiger partial charge in [-0.25, -0.2) is 0 Å². The predicted octanol–water partition coefficient (Wildman–Crippen LogP) is 2.37. The summed E-state index contributed by atoms with van der Waals surface area (Å²) < 4.78 is 0. The minimum absolute atomic E-state index is 0.340. The van der Waals surface area contributed by atoms with Crippen molar-refractivity contribution in [2.75, 3.05) is 30.4 Å². The van der Waals surface area contributed by atoms with Crippen molar-refractivity contribution in [3.63, 3.8) is 0 Å². The molecule has 0 N–H and O–H groups in total. The van der Waals surface area contributed by atoms with Crippen molar-refractivity contribution in [1.29, 1.82) is 0 Å². The van der Waals surface area contributed by atoms with E-state index in [1.807, 2.05) is 11.2 Å². The first kappa shape index (κ1) is 12.4. The fourth-order valence-corrected chi connectivity index (χ4v) is 2.71. The van der Waals surface area contributed by atoms with E-state index < -0.39 is 0 Å². The third-order valence-corrected chi connectivity index (χ3v) is 4.23. The van der Waals surface area contributed by atoms with Crippen molar-refractivity contribution in [3.05, 3.63) is 0 Å². The Morgan fingerprint density at radius 1 is 1.50 bits per heavy atom. The summed E-state index contributed by atoms with van der Waals surface area (Å²) in [7, 11) is 0. The van der Waals surface area contributed by atoms with Gasteiger partial charge in [0.25, 0.3) is 0 Å². The van der Waals surface area contributed by atoms with E-state index in [1.54, 1.807) is 11.8 Å². The Hall–Kier alpha value is 0.300. The van der Waals surface area contributed by atoms with Gasteiger partial charge in [-0.2, -0.15) is 11.8 Å². The van der Waals surface area contributed by atoms with Crippen molar-refractivity contribution in [2.24, 2.45) is 5.92 Å². The standard InChI is InChI=1S/C10H18BrNOS/c1-14-7-4-10(13)12-5-2-9(8-11)3-6-12/h9H,2-8H2,1H3. The number of carbonyl (C=O) groups excluding carboxylic acids is 1. The van der Waals surface area contributed by atoms with Gasteiger partial charge in [0.1, 0.15) is 0 Å². The molecule has 0 aliphatic carbocycles. The molecule has 2 nitrogen and oxygen atoms in total. The maximum absolute atomic E-state index is 11.7. The van der Waals surface area contributed by atoms with Gasteiger partial charge in [-0.15, -0.1) is 0 Å². The molecule has 0 saturated carbocycles. The Kier molecular flexibility index (Phi) is 5.94. The zero-order valence-corrected chi connectivity index (χ0v) is 11.1. The van der Waals surface area contributed by atoms with Gasteiger partial charge in [0.15, 0.2) is 0 Å². The third kappa shape index (κ3) is 3.81. The van der Waals surface area contributed by atoms with Crippen LogP contribution < -0.4 is 0 Å². The van der Waals surface area contributed by atoms with E-state index in [0.717, 1.165) is 42.9 Å². The van der Waals surface area contributed by atoms with E-state index in [2.05, 4.69) is 15.9 Å². The summed E-state index contributed by atoms with van der Waals surface area (Å²) in [5.74, 6) is 2.07. The van der Waals surface area contributed by atoms with Crippen LogP contribution in [0, 0.1) is 5.92 Å². The first-order valence-electron chi connectivity index (χ1n) is 5.10. The van der Waals surface area contributed by atoms with Gasteiger partial charge in [-0.1, -0.05) is 15.9 Å². The lowest BCUT2D eigenvalue weighted by Crippen LogP contribution is -2.38. The minimum atomic E-state index is 0.340. The molecule has 0 unspecified atom stereocenters. The second-order valence-corrected chi connectivity index (χ2v) is 5.35. The first-order chi connectivity index (χ1) is 6.77. The molecule has 4 heteroatoms. The van der Waals surface area contributed by atoms with Crippen LogP contribution in [-0.4, -0.2) is 41.2 Å². The molecule has 0 radical (unpaired) electrons. The number of amides is 1. The Labute approximate surface area is 98.9 Å². The lowest BCUT2D eigenvalue weighted by atomic mass is 9.99. The number of piperidine rings is 1. The van der Waals surface area contributed by atoms with Crippen molar-refractivity contribution in [3.8, 4) is 0 Å². The van der Waals surface area contributed by atoms with Crippen LogP contribution in [0.1, 0.15) is 19.3 Å². The van der Waals surface area contributed by atoms with Gasteiger partial charge in [-0.3, -0.25) is 4.79 Å². The summed E-state index contributed by atoms with van der Waals surface area (Å²) in [6.45, 7) is 1.92. The third-order valence-electron chi connectivity index (χ3n) is 2.71. The first-order valence-corrected chi connectivity index (χ1v) is 7.62. The number of alkyl halides is 1. The van der Waals surface area contributed by atoms with Crippen molar-refractivity contribution >= 4 is 33.6 Å². The molecule has 0 spiro atoms. The van der Waals surface area contributed by atoms with E-state index in [0.29, 0.717) is 12.3 Å². The van der Waals surface area contributed by atoms with Gasteiger partial charge in [0.05, 0.1) is 0 Å². The number of rotatable bonds is 4. The fraction of sp³-hybridized carbons (Fsp3) is 0.900. The van der Waals surface area contributed by atoms with Crippen LogP contribution in [-0.2, 0) is 4.79 Å². The molecule has 1 aliphatic rings. The van der Waals surface area contributed by atoms with Crippen molar-refractivity contribution in [2.45, 2.75) is 19.3 Å². The highest BCUT2D eigenvalue weighted by atomic mass is 79.9. The average Bonchev–Trinajstić information content (AvgIpc) is 2.26. The number of likely N-dealkylation sites (tertiary alicyclic amines) is 1. The highest BCUT2D eigenvalue weighted by Gasteiger charge is 2.21. The van der Waals surface area contributed by atoms with Crippen LogP contribution in [0.3, 0.4) is 0 Å². The molecule has 14 heavy (non-hydrogen) atoms. The molecule has 1 saturated heterocycles. The molecule has 0 aromatic heterocycles. The summed E-state index contributed by atoms with van der Waals surface area (Å²) in [5.41, 5.74) is 0. The van der Waals surface area contributed by atoms with E-state index in [4.69, 9.17) is 0 Å². The highest BCUT2D eigenvalue weighted by molar-refractivity contribution is 9.09. The molecule has 1 aliphatic heterocycles. The monoisotopic (exact) mass is 279 g/mol. The SMILES string of the molecule is CSCCC(=O)N1CCC(CBr)CC1. The molecule has 1 heterocycles. The summed E-state index contributed by atoms with van der Waals surface area (Å²) >= 11 is 5.25. The Morgan fingerprint density at radius 3 is 2.64 bits per heavy atom. The maximum Gasteiger partial charge on any atom is 0.223 e. The van der Waals surface area contributed by atoms with Gasteiger partial charge in [-0.05, 0) is 25.0 Å². The zero-order valence-electron chi connectivity index (χ0n) is 8.67. The van der Waals surface area contributed by atoms with Gasteiger partial charge in [0, 0.05) is 30.6 Å². The fourth-order valence-electron chi connectivity index (χ4n) is 1.68. The van der Waals surface area contributed by atoms with Crippen LogP contribution >= 0.6 is 27.7 Å². The quantitative estimate of drug-likeness (QED) is 0.737. The molecule has 1 rings (SSSR count). The number of nitrogens with zero attached hydrogens (tertiary/aromatic N) is 1. The lowest BCUT2D eigenvalue weighted by Gasteiger charge is -2.31. The minimum Gasteiger partial charge on any atom is -0.343 e. The van der Waals surface area contributed by atoms with Gasteiger partial charge < -0.3 is 4.90 Å². The smallest absolute Gasteiger partial charge is 0.223 e. The Balaban J connectivity index is 2.23. The maximum atomic E-state index is 11.7. The number of hydrogen-bond donors (Lipinski definition) is 0. The number of halogens is 1. The Bertz CT molecular complexity index is 181. The van der Waals surface area contributed by atoms with E-state index in [1.165, 1.54) is 0 Å². The lowest BCUT2D eigenvalue weighted by molar-refractivity contribution is -0.132. The van der Waals surface area contributed by atoms with Crippen LogP contribution in [0.2, 0.25) is 0 Å². The normalized spacial score (nSPS) is 18.6. The van der Waals surface area contributed by atoms with Gasteiger partial charge >= 0.3 is 0 Å². The number of carbonyl (C=O) groups is 1. The molecule has 1 fully saturated rings. The molecular formula is C10H18BrNOS. The molecule has 1 amide bonds. The van der Waals surface area contributed by atoms with Crippen LogP contribution in [0.4, 0.5) is 0 Å². The molecule has 0 aromatic carbocycles. The second kappa shape index (κ2) is 6.72. The van der Waals surface area contributed by atoms with Gasteiger partial charge in [0.2, 0.25) is 5.91 Å². The molecule has 0 bridgehead atoms. The predicted molar refractivity (Wildman–Crippen MR) is 66.1 cm³/mol. The van der Waals surface area contributed by atoms with E-state index >= 15 is 0 Å². The molecule has 0 atom stereocenters. The summed E-state index contributed by atoms with van der Waals surface area (Å²) in [6, 6.07) is 0. The molecular weight excluding hydrogens is 262 g/mol. The number of hydrogen-bond acceptors (Lipinski definition) is 2. The molecule has 82 valence electrons. The topological polar surface area (TPSA) is 20.3 Å². The van der Waals surface area contributed by atoms with E-state index in [9.17, 15) is 4.79 Å². The van der Waals surface area contributed by atoms with E-state index in [-0.39, 0.29) is 0 Å². The highest BCUT2D eigenvalue weighted by Crippen LogP contribution is 2.19.